The van der Waals surface area contributed by atoms with Crippen LogP contribution in [0.1, 0.15) is 33.1 Å². The zero-order valence-electron chi connectivity index (χ0n) is 7.40. The number of rotatable bonds is 5. The van der Waals surface area contributed by atoms with Crippen LogP contribution in [0.2, 0.25) is 0 Å². The maximum atomic E-state index is 12.7. The quantitative estimate of drug-likeness (QED) is 0.607. The van der Waals surface area contributed by atoms with Crippen molar-refractivity contribution in [2.75, 3.05) is 6.61 Å². The zero-order chi connectivity index (χ0) is 9.61. The van der Waals surface area contributed by atoms with E-state index in [1.807, 2.05) is 0 Å². The Balaban J connectivity index is 3.90. The van der Waals surface area contributed by atoms with Crippen molar-refractivity contribution < 1.29 is 18.3 Å². The van der Waals surface area contributed by atoms with E-state index in [4.69, 9.17) is 0 Å². The molecular weight excluding hydrogens is 166 g/mol. The molecule has 0 aromatic heterocycles. The fraction of sp³-hybridized carbons (Fsp3) is 0.875. The average molecular weight is 180 g/mol. The molecule has 0 aromatic carbocycles. The molecule has 0 amide bonds. The van der Waals surface area contributed by atoms with E-state index in [0.29, 0.717) is 12.8 Å². The summed E-state index contributed by atoms with van der Waals surface area (Å²) in [7, 11) is 0. The Kier molecular flexibility index (Phi) is 4.78. The van der Waals surface area contributed by atoms with Crippen molar-refractivity contribution in [3.05, 3.63) is 0 Å². The predicted octanol–water partition coefficient (Wildman–Crippen LogP) is 2.38. The van der Waals surface area contributed by atoms with E-state index in [1.165, 1.54) is 6.92 Å². The maximum absolute atomic E-state index is 12.7. The van der Waals surface area contributed by atoms with Gasteiger partial charge in [0.1, 0.15) is 0 Å². The van der Waals surface area contributed by atoms with Crippen molar-refractivity contribution in [2.45, 2.75) is 39.0 Å². The van der Waals surface area contributed by atoms with Gasteiger partial charge in [-0.15, -0.1) is 0 Å². The first-order valence-corrected chi connectivity index (χ1v) is 4.09. The third-order valence-electron chi connectivity index (χ3n) is 1.42. The molecule has 0 saturated carbocycles. The minimum atomic E-state index is -3.30. The second kappa shape index (κ2) is 5.06. The minimum Gasteiger partial charge on any atom is -0.462 e. The van der Waals surface area contributed by atoms with Crippen LogP contribution < -0.4 is 0 Å². The molecule has 0 atom stereocenters. The second-order valence-corrected chi connectivity index (χ2v) is 2.53. The summed E-state index contributed by atoms with van der Waals surface area (Å²) in [5, 5.41) is 0. The molecule has 0 radical (unpaired) electrons. The molecule has 2 nitrogen and oxygen atoms in total. The Morgan fingerprint density at radius 3 is 2.42 bits per heavy atom. The molecule has 0 aliphatic heterocycles. The molecule has 0 fully saturated rings. The molecule has 0 bridgehead atoms. The van der Waals surface area contributed by atoms with Gasteiger partial charge in [0.05, 0.1) is 6.61 Å². The largest absolute Gasteiger partial charge is 0.462 e. The van der Waals surface area contributed by atoms with Crippen molar-refractivity contribution >= 4 is 5.97 Å². The van der Waals surface area contributed by atoms with E-state index in [9.17, 15) is 13.6 Å². The summed E-state index contributed by atoms with van der Waals surface area (Å²) in [5.41, 5.74) is 0. The molecule has 0 heterocycles. The number of carbonyl (C=O) groups excluding carboxylic acids is 1. The first-order valence-electron chi connectivity index (χ1n) is 4.09. The van der Waals surface area contributed by atoms with Crippen LogP contribution in [0.25, 0.3) is 0 Å². The topological polar surface area (TPSA) is 26.3 Å². The maximum Gasteiger partial charge on any atom is 0.376 e. The van der Waals surface area contributed by atoms with Crippen LogP contribution >= 0.6 is 0 Å². The molecule has 0 rings (SSSR count). The Morgan fingerprint density at radius 1 is 1.42 bits per heavy atom. The lowest BCUT2D eigenvalue weighted by molar-refractivity contribution is -0.172. The molecule has 0 spiro atoms. The van der Waals surface area contributed by atoms with Crippen molar-refractivity contribution in [3.8, 4) is 0 Å². The minimum absolute atomic E-state index is 0.000544. The molecule has 0 unspecified atom stereocenters. The van der Waals surface area contributed by atoms with Gasteiger partial charge in [0.2, 0.25) is 0 Å². The lowest BCUT2D eigenvalue weighted by atomic mass is 10.1. The summed E-state index contributed by atoms with van der Waals surface area (Å²) in [6.07, 6.45) is 0.573. The third-order valence-corrected chi connectivity index (χ3v) is 1.42. The molecule has 0 aliphatic rings. The first-order chi connectivity index (χ1) is 5.54. The molecule has 12 heavy (non-hydrogen) atoms. The lowest BCUT2D eigenvalue weighted by Gasteiger charge is -2.13. The Bertz CT molecular complexity index is 146. The van der Waals surface area contributed by atoms with E-state index in [2.05, 4.69) is 4.74 Å². The molecular formula is C8H14F2O2. The highest BCUT2D eigenvalue weighted by Crippen LogP contribution is 2.22. The van der Waals surface area contributed by atoms with Crippen LogP contribution in [0.15, 0.2) is 0 Å². The average Bonchev–Trinajstić information content (AvgIpc) is 2.01. The number of carbonyl (C=O) groups is 1. The molecule has 0 aromatic rings. The first kappa shape index (κ1) is 11.3. The Hall–Kier alpha value is -0.670. The number of unbranched alkanes of at least 4 members (excludes halogenated alkanes) is 1. The summed E-state index contributed by atoms with van der Waals surface area (Å²) in [6.45, 7) is 3.30. The predicted molar refractivity (Wildman–Crippen MR) is 41.1 cm³/mol. The summed E-state index contributed by atoms with van der Waals surface area (Å²) in [5.74, 6) is -4.70. The Labute approximate surface area is 70.9 Å². The zero-order valence-corrected chi connectivity index (χ0v) is 7.40. The fourth-order valence-corrected chi connectivity index (χ4v) is 0.738. The van der Waals surface area contributed by atoms with E-state index < -0.39 is 18.3 Å². The Morgan fingerprint density at radius 2 is 2.00 bits per heavy atom. The SMILES string of the molecule is CCCCC(F)(F)C(=O)OCC. The van der Waals surface area contributed by atoms with Gasteiger partial charge in [-0.2, -0.15) is 8.78 Å². The fourth-order valence-electron chi connectivity index (χ4n) is 0.738. The van der Waals surface area contributed by atoms with Crippen LogP contribution in [0.4, 0.5) is 8.78 Å². The number of halogens is 2. The van der Waals surface area contributed by atoms with Crippen molar-refractivity contribution in [1.82, 2.24) is 0 Å². The van der Waals surface area contributed by atoms with E-state index in [-0.39, 0.29) is 6.61 Å². The van der Waals surface area contributed by atoms with Crippen LogP contribution in [0.5, 0.6) is 0 Å². The number of hydrogen-bond acceptors (Lipinski definition) is 2. The number of alkyl halides is 2. The summed E-state index contributed by atoms with van der Waals surface area (Å²) in [6, 6.07) is 0. The molecule has 72 valence electrons. The summed E-state index contributed by atoms with van der Waals surface area (Å²) >= 11 is 0. The van der Waals surface area contributed by atoms with Gasteiger partial charge in [-0.1, -0.05) is 13.3 Å². The van der Waals surface area contributed by atoms with Gasteiger partial charge in [-0.3, -0.25) is 0 Å². The number of hydrogen-bond donors (Lipinski definition) is 0. The van der Waals surface area contributed by atoms with Crippen molar-refractivity contribution in [1.29, 1.82) is 0 Å². The second-order valence-electron chi connectivity index (χ2n) is 2.53. The van der Waals surface area contributed by atoms with Crippen molar-refractivity contribution in [2.24, 2.45) is 0 Å². The van der Waals surface area contributed by atoms with Gasteiger partial charge in [0.25, 0.3) is 0 Å². The van der Waals surface area contributed by atoms with Crippen LogP contribution in [0.3, 0.4) is 0 Å². The van der Waals surface area contributed by atoms with Gasteiger partial charge in [0.15, 0.2) is 0 Å². The van der Waals surface area contributed by atoms with Gasteiger partial charge >= 0.3 is 11.9 Å². The summed E-state index contributed by atoms with van der Waals surface area (Å²) < 4.78 is 29.6. The normalized spacial score (nSPS) is 11.3. The van der Waals surface area contributed by atoms with E-state index >= 15 is 0 Å². The standard InChI is InChI=1S/C8H14F2O2/c1-3-5-6-8(9,10)7(11)12-4-2/h3-6H2,1-2H3. The highest BCUT2D eigenvalue weighted by Gasteiger charge is 2.39. The van der Waals surface area contributed by atoms with Crippen molar-refractivity contribution in [3.63, 3.8) is 0 Å². The van der Waals surface area contributed by atoms with E-state index in [1.54, 1.807) is 6.92 Å². The molecule has 4 heteroatoms. The monoisotopic (exact) mass is 180 g/mol. The van der Waals surface area contributed by atoms with Crippen LogP contribution in [-0.2, 0) is 9.53 Å². The van der Waals surface area contributed by atoms with Gasteiger partial charge in [0, 0.05) is 6.42 Å². The number of esters is 1. The third kappa shape index (κ3) is 3.64. The highest BCUT2D eigenvalue weighted by atomic mass is 19.3. The lowest BCUT2D eigenvalue weighted by Crippen LogP contribution is -2.30. The van der Waals surface area contributed by atoms with Gasteiger partial charge < -0.3 is 4.74 Å². The molecule has 0 N–H and O–H groups in total. The van der Waals surface area contributed by atoms with Crippen LogP contribution in [-0.4, -0.2) is 18.5 Å². The smallest absolute Gasteiger partial charge is 0.376 e. The van der Waals surface area contributed by atoms with E-state index in [0.717, 1.165) is 0 Å². The van der Waals surface area contributed by atoms with Gasteiger partial charge in [-0.05, 0) is 13.3 Å². The van der Waals surface area contributed by atoms with Crippen LogP contribution in [0, 0.1) is 0 Å². The van der Waals surface area contributed by atoms with Gasteiger partial charge in [-0.25, -0.2) is 4.79 Å². The summed E-state index contributed by atoms with van der Waals surface area (Å²) in [4.78, 5) is 10.6. The molecule has 0 saturated heterocycles. The number of ether oxygens (including phenoxy) is 1. The molecule has 0 aliphatic carbocycles. The highest BCUT2D eigenvalue weighted by molar-refractivity contribution is 5.77.